The number of ether oxygens (including phenoxy) is 2. The van der Waals surface area contributed by atoms with Crippen LogP contribution in [0.3, 0.4) is 0 Å². The number of esters is 1. The molecule has 10 heteroatoms. The number of β-lactam (4-membered cyclic amide) rings is 1. The van der Waals surface area contributed by atoms with E-state index in [1.54, 1.807) is 37.2 Å². The van der Waals surface area contributed by atoms with Crippen LogP contribution in [0.25, 0.3) is 11.3 Å². The molecule has 2 aliphatic heterocycles. The Kier molecular flexibility index (Phi) is 6.08. The Hall–Kier alpha value is -3.63. The van der Waals surface area contributed by atoms with Gasteiger partial charge in [-0.1, -0.05) is 12.1 Å². The number of nitrogens with two attached hydrogens (primary N) is 1. The maximum absolute atomic E-state index is 13.2. The van der Waals surface area contributed by atoms with E-state index < -0.39 is 12.0 Å². The van der Waals surface area contributed by atoms with Crippen molar-refractivity contribution < 1.29 is 28.0 Å². The van der Waals surface area contributed by atoms with Gasteiger partial charge < -0.3 is 19.6 Å². The van der Waals surface area contributed by atoms with E-state index in [0.29, 0.717) is 18.1 Å². The number of amides is 1. The van der Waals surface area contributed by atoms with E-state index in [4.69, 9.17) is 19.6 Å². The predicted octanol–water partition coefficient (Wildman–Crippen LogP) is 1.88. The minimum Gasteiger partial charge on any atom is -0.497 e. The Balaban J connectivity index is 1.37. The van der Waals surface area contributed by atoms with Gasteiger partial charge in [0.05, 0.1) is 13.3 Å². The summed E-state index contributed by atoms with van der Waals surface area (Å²) in [6.07, 6.45) is 6.82. The number of hydrogen-bond acceptors (Lipinski definition) is 8. The molecule has 1 aromatic carbocycles. The van der Waals surface area contributed by atoms with Crippen LogP contribution in [0.5, 0.6) is 5.75 Å². The number of pyridine rings is 1. The zero-order valence-corrected chi connectivity index (χ0v) is 19.2. The van der Waals surface area contributed by atoms with Crippen LogP contribution in [0.1, 0.15) is 5.56 Å². The monoisotopic (exact) mass is 479 g/mol. The Morgan fingerprint density at radius 2 is 2.03 bits per heavy atom. The predicted molar refractivity (Wildman–Crippen MR) is 123 cm³/mol. The minimum absolute atomic E-state index is 0.0878. The first-order valence-corrected chi connectivity index (χ1v) is 11.7. The second-order valence-corrected chi connectivity index (χ2v) is 9.04. The third kappa shape index (κ3) is 4.17. The molecule has 5 rings (SSSR count). The lowest BCUT2D eigenvalue weighted by atomic mass is 10.0. The topological polar surface area (TPSA) is 112 Å². The molecule has 1 fully saturated rings. The quantitative estimate of drug-likeness (QED) is 0.311. The van der Waals surface area contributed by atoms with Crippen molar-refractivity contribution in [1.29, 1.82) is 0 Å². The van der Waals surface area contributed by atoms with Gasteiger partial charge in [0, 0.05) is 29.0 Å². The highest BCUT2D eigenvalue weighted by atomic mass is 32.2. The van der Waals surface area contributed by atoms with E-state index in [9.17, 15) is 9.59 Å². The van der Waals surface area contributed by atoms with Crippen LogP contribution in [-0.4, -0.2) is 46.0 Å². The summed E-state index contributed by atoms with van der Waals surface area (Å²) in [7, 11) is 1.59. The van der Waals surface area contributed by atoms with Crippen molar-refractivity contribution in [3.63, 3.8) is 0 Å². The first-order valence-electron chi connectivity index (χ1n) is 10.7. The zero-order valence-electron chi connectivity index (χ0n) is 18.4. The second-order valence-electron chi connectivity index (χ2n) is 7.94. The Labute approximate surface area is 200 Å². The average molecular weight is 480 g/mol. The largest absolute Gasteiger partial charge is 0.497 e. The number of fused-ring (bicyclic) bond motifs is 1. The molecule has 174 valence electrons. The Morgan fingerprint density at radius 1 is 1.26 bits per heavy atom. The van der Waals surface area contributed by atoms with E-state index >= 15 is 0 Å². The van der Waals surface area contributed by atoms with Crippen molar-refractivity contribution in [2.45, 2.75) is 24.6 Å². The number of methoxy groups -OCH3 is 1. The maximum atomic E-state index is 13.2. The lowest BCUT2D eigenvalue weighted by molar-refractivity contribution is -0.689. The molecule has 0 aliphatic carbocycles. The fraction of sp³-hybridized carbons (Fsp3) is 0.250. The first-order chi connectivity index (χ1) is 16.5. The maximum Gasteiger partial charge on any atom is 0.355 e. The number of thioether (sulfide) groups is 1. The van der Waals surface area contributed by atoms with Gasteiger partial charge in [-0.25, -0.2) is 14.3 Å². The molecule has 3 aromatic rings. The second kappa shape index (κ2) is 9.32. The van der Waals surface area contributed by atoms with E-state index in [2.05, 4.69) is 4.98 Å². The number of hydrogen-bond donors (Lipinski definition) is 1. The van der Waals surface area contributed by atoms with Crippen molar-refractivity contribution in [2.24, 2.45) is 5.73 Å². The molecule has 4 heterocycles. The van der Waals surface area contributed by atoms with Gasteiger partial charge in [0.2, 0.25) is 5.91 Å². The molecule has 1 amide bonds. The SMILES string of the molecule is COc1ccc(COC(=O)C2=C(C[n+]3ccc(-c4cnco4)cc3)CS[C@@H]3[C@H](N)C(=O)N23)cc1. The third-order valence-electron chi connectivity index (χ3n) is 5.79. The van der Waals surface area contributed by atoms with Crippen LogP contribution >= 0.6 is 11.8 Å². The van der Waals surface area contributed by atoms with E-state index in [1.165, 1.54) is 11.3 Å². The number of carbonyl (C=O) groups excluding carboxylic acids is 2. The molecule has 0 bridgehead atoms. The fourth-order valence-electron chi connectivity index (χ4n) is 3.93. The summed E-state index contributed by atoms with van der Waals surface area (Å²) in [4.78, 5) is 31.1. The smallest absolute Gasteiger partial charge is 0.355 e. The van der Waals surface area contributed by atoms with Crippen molar-refractivity contribution in [1.82, 2.24) is 9.88 Å². The van der Waals surface area contributed by atoms with Gasteiger partial charge in [0.1, 0.15) is 29.5 Å². The van der Waals surface area contributed by atoms with Gasteiger partial charge in [-0.15, -0.1) is 11.8 Å². The van der Waals surface area contributed by atoms with Gasteiger partial charge in [0.15, 0.2) is 31.1 Å². The highest BCUT2D eigenvalue weighted by molar-refractivity contribution is 8.00. The number of carbonyl (C=O) groups is 2. The Bertz CT molecular complexity index is 1230. The molecule has 1 saturated heterocycles. The fourth-order valence-corrected chi connectivity index (χ4v) is 5.22. The van der Waals surface area contributed by atoms with Crippen LogP contribution in [0, 0.1) is 0 Å². The van der Waals surface area contributed by atoms with Crippen LogP contribution in [-0.2, 0) is 27.5 Å². The normalized spacial score (nSPS) is 19.5. The molecular formula is C24H23N4O5S+. The lowest BCUT2D eigenvalue weighted by Crippen LogP contribution is -2.68. The summed E-state index contributed by atoms with van der Waals surface area (Å²) < 4.78 is 18.0. The Morgan fingerprint density at radius 3 is 2.71 bits per heavy atom. The number of oxazole rings is 1. The molecule has 0 unspecified atom stereocenters. The van der Waals surface area contributed by atoms with Crippen LogP contribution in [0.15, 0.2) is 77.1 Å². The van der Waals surface area contributed by atoms with Gasteiger partial charge >= 0.3 is 5.97 Å². The van der Waals surface area contributed by atoms with Crippen molar-refractivity contribution in [3.05, 3.63) is 78.2 Å². The van der Waals surface area contributed by atoms with Crippen molar-refractivity contribution in [3.8, 4) is 17.1 Å². The molecular weight excluding hydrogens is 456 g/mol. The molecule has 0 saturated carbocycles. The highest BCUT2D eigenvalue weighted by Crippen LogP contribution is 2.40. The third-order valence-corrected chi connectivity index (χ3v) is 7.15. The zero-order chi connectivity index (χ0) is 23.7. The molecule has 34 heavy (non-hydrogen) atoms. The van der Waals surface area contributed by atoms with E-state index in [-0.39, 0.29) is 23.6 Å². The van der Waals surface area contributed by atoms with Gasteiger partial charge in [-0.3, -0.25) is 9.69 Å². The van der Waals surface area contributed by atoms with Gasteiger partial charge in [-0.2, -0.15) is 0 Å². The lowest BCUT2D eigenvalue weighted by Gasteiger charge is -2.47. The minimum atomic E-state index is -0.607. The number of rotatable bonds is 7. The molecule has 0 spiro atoms. The molecule has 2 N–H and O–H groups in total. The van der Waals surface area contributed by atoms with E-state index in [0.717, 1.165) is 22.4 Å². The molecule has 2 aromatic heterocycles. The van der Waals surface area contributed by atoms with Crippen molar-refractivity contribution in [2.75, 3.05) is 12.9 Å². The van der Waals surface area contributed by atoms with Crippen LogP contribution in [0.2, 0.25) is 0 Å². The van der Waals surface area contributed by atoms with Gasteiger partial charge in [-0.05, 0) is 17.7 Å². The van der Waals surface area contributed by atoms with E-state index in [1.807, 2.05) is 41.2 Å². The number of benzene rings is 1. The molecule has 9 nitrogen and oxygen atoms in total. The first kappa shape index (κ1) is 22.2. The molecule has 2 aliphatic rings. The van der Waals surface area contributed by atoms with Crippen molar-refractivity contribution >= 4 is 23.6 Å². The summed E-state index contributed by atoms with van der Waals surface area (Å²) in [6.45, 7) is 0.521. The molecule has 2 atom stereocenters. The number of nitrogens with zero attached hydrogens (tertiary/aromatic N) is 3. The summed E-state index contributed by atoms with van der Waals surface area (Å²) in [5, 5.41) is -0.251. The van der Waals surface area contributed by atoms with Crippen LogP contribution < -0.4 is 15.0 Å². The summed E-state index contributed by atoms with van der Waals surface area (Å²) >= 11 is 1.56. The highest BCUT2D eigenvalue weighted by Gasteiger charge is 2.52. The van der Waals surface area contributed by atoms with Crippen LogP contribution in [0.4, 0.5) is 0 Å². The summed E-state index contributed by atoms with van der Waals surface area (Å²) in [5.41, 5.74) is 8.78. The summed E-state index contributed by atoms with van der Waals surface area (Å²) in [6, 6.07) is 10.5. The molecule has 0 radical (unpaired) electrons. The summed E-state index contributed by atoms with van der Waals surface area (Å²) in [5.74, 6) is 1.17. The number of aromatic nitrogens is 2. The van der Waals surface area contributed by atoms with Gasteiger partial charge in [0.25, 0.3) is 0 Å². The standard InChI is InChI=1S/C24H23N4O5S/c1-31-18-4-2-15(3-5-18)12-32-24(30)21-17(13-34-23-20(25)22(29)28(21)23)11-27-8-6-16(7-9-27)19-10-26-14-33-19/h2-10,14,20,23H,11-13,25H2,1H3/q+1/t20-,23-/m1/s1. The average Bonchev–Trinajstić information content (AvgIpc) is 3.42.